The lowest BCUT2D eigenvalue weighted by molar-refractivity contribution is -0.129. The van der Waals surface area contributed by atoms with E-state index in [1.54, 1.807) is 29.2 Å². The number of nitrogens with zero attached hydrogens (tertiary/aromatic N) is 1. The molecule has 7 nitrogen and oxygen atoms in total. The number of carbonyl (C=O) groups excluding carboxylic acids is 1. The molecule has 9 heteroatoms. The second-order valence-corrected chi connectivity index (χ2v) is 8.92. The van der Waals surface area contributed by atoms with Crippen LogP contribution in [0.4, 0.5) is 5.69 Å². The predicted molar refractivity (Wildman–Crippen MR) is 99.5 cm³/mol. The smallest absolute Gasteiger partial charge is 0.271 e. The van der Waals surface area contributed by atoms with Gasteiger partial charge < -0.3 is 14.4 Å². The van der Waals surface area contributed by atoms with E-state index < -0.39 is 10.0 Å². The number of nitrogens with one attached hydrogen (secondary N) is 1. The Morgan fingerprint density at radius 1 is 1.23 bits per heavy atom. The maximum Gasteiger partial charge on any atom is 0.271 e. The third-order valence-corrected chi connectivity index (χ3v) is 7.28. The molecule has 2 heterocycles. The Balaban J connectivity index is 1.90. The summed E-state index contributed by atoms with van der Waals surface area (Å²) >= 11 is 1.24. The van der Waals surface area contributed by atoms with Crippen LogP contribution < -0.4 is 14.2 Å². The number of ether oxygens (including phenoxy) is 2. The molecule has 3 rings (SSSR count). The normalized spacial score (nSPS) is 13.9. The molecule has 1 aromatic heterocycles. The van der Waals surface area contributed by atoms with Gasteiger partial charge in [0.15, 0.2) is 0 Å². The van der Waals surface area contributed by atoms with Gasteiger partial charge in [0.1, 0.15) is 15.7 Å². The van der Waals surface area contributed by atoms with Gasteiger partial charge in [-0.25, -0.2) is 8.42 Å². The zero-order chi connectivity index (χ0) is 18.9. The SMILES string of the molecule is COc1ccc(OC)c(NS(=O)(=O)c2cc3c(s2)CCN(C(C)=O)C3)c1. The lowest BCUT2D eigenvalue weighted by atomic mass is 10.1. The van der Waals surface area contributed by atoms with Crippen LogP contribution in [0.2, 0.25) is 0 Å². The number of methoxy groups -OCH3 is 2. The highest BCUT2D eigenvalue weighted by Gasteiger charge is 2.26. The predicted octanol–water partition coefficient (Wildman–Crippen LogP) is 2.47. The van der Waals surface area contributed by atoms with Crippen LogP contribution in [-0.4, -0.2) is 40.0 Å². The van der Waals surface area contributed by atoms with E-state index in [1.165, 1.54) is 32.5 Å². The summed E-state index contributed by atoms with van der Waals surface area (Å²) in [6, 6.07) is 6.54. The molecule has 0 aliphatic carbocycles. The number of benzene rings is 1. The van der Waals surface area contributed by atoms with E-state index in [4.69, 9.17) is 9.47 Å². The van der Waals surface area contributed by atoms with Gasteiger partial charge in [0.05, 0.1) is 19.9 Å². The molecule has 0 saturated heterocycles. The summed E-state index contributed by atoms with van der Waals surface area (Å²) in [4.78, 5) is 14.3. The summed E-state index contributed by atoms with van der Waals surface area (Å²) < 4.78 is 38.8. The summed E-state index contributed by atoms with van der Waals surface area (Å²) in [7, 11) is -0.793. The van der Waals surface area contributed by atoms with Crippen molar-refractivity contribution in [1.29, 1.82) is 0 Å². The van der Waals surface area contributed by atoms with Crippen molar-refractivity contribution in [2.45, 2.75) is 24.1 Å². The monoisotopic (exact) mass is 396 g/mol. The van der Waals surface area contributed by atoms with Gasteiger partial charge in [0.25, 0.3) is 10.0 Å². The zero-order valence-electron chi connectivity index (χ0n) is 14.7. The zero-order valence-corrected chi connectivity index (χ0v) is 16.4. The molecule has 0 atom stereocenters. The third kappa shape index (κ3) is 3.63. The lowest BCUT2D eigenvalue weighted by Gasteiger charge is -2.25. The van der Waals surface area contributed by atoms with Crippen molar-refractivity contribution in [2.24, 2.45) is 0 Å². The van der Waals surface area contributed by atoms with Crippen LogP contribution in [0, 0.1) is 0 Å². The standard InChI is InChI=1S/C17H20N2O5S2/c1-11(20)19-7-6-16-12(10-19)8-17(25-16)26(21,22)18-14-9-13(23-2)4-5-15(14)24-3/h4-5,8-9,18H,6-7,10H2,1-3H3. The van der Waals surface area contributed by atoms with E-state index in [1.807, 2.05) is 0 Å². The van der Waals surface area contributed by atoms with Crippen LogP contribution >= 0.6 is 11.3 Å². The Morgan fingerprint density at radius 3 is 2.65 bits per heavy atom. The fraction of sp³-hybridized carbons (Fsp3) is 0.353. The molecule has 0 radical (unpaired) electrons. The minimum Gasteiger partial charge on any atom is -0.497 e. The van der Waals surface area contributed by atoms with E-state index in [2.05, 4.69) is 4.72 Å². The molecule has 1 aliphatic heterocycles. The molecule has 0 unspecified atom stereocenters. The molecule has 0 saturated carbocycles. The molecule has 1 aromatic carbocycles. The van der Waals surface area contributed by atoms with Crippen LogP contribution in [0.3, 0.4) is 0 Å². The molecular weight excluding hydrogens is 376 g/mol. The summed E-state index contributed by atoms with van der Waals surface area (Å²) in [5.41, 5.74) is 1.19. The van der Waals surface area contributed by atoms with Crippen LogP contribution in [-0.2, 0) is 27.8 Å². The summed E-state index contributed by atoms with van der Waals surface area (Å²) in [6.45, 7) is 2.57. The fourth-order valence-electron chi connectivity index (χ4n) is 2.80. The van der Waals surface area contributed by atoms with E-state index in [0.29, 0.717) is 36.7 Å². The van der Waals surface area contributed by atoms with Crippen LogP contribution in [0.15, 0.2) is 28.5 Å². The van der Waals surface area contributed by atoms with Crippen molar-refractivity contribution in [1.82, 2.24) is 4.90 Å². The maximum absolute atomic E-state index is 12.8. The summed E-state index contributed by atoms with van der Waals surface area (Å²) in [5.74, 6) is 0.912. The minimum atomic E-state index is -3.77. The van der Waals surface area contributed by atoms with Gasteiger partial charge in [-0.1, -0.05) is 0 Å². The average Bonchev–Trinajstić information content (AvgIpc) is 3.05. The number of amides is 1. The van der Waals surface area contributed by atoms with Crippen LogP contribution in [0.1, 0.15) is 17.4 Å². The molecule has 0 fully saturated rings. The molecule has 26 heavy (non-hydrogen) atoms. The molecule has 1 N–H and O–H groups in total. The second-order valence-electron chi connectivity index (χ2n) is 5.88. The molecule has 0 bridgehead atoms. The van der Waals surface area contributed by atoms with Crippen molar-refractivity contribution in [2.75, 3.05) is 25.5 Å². The number of carbonyl (C=O) groups is 1. The van der Waals surface area contributed by atoms with Gasteiger partial charge in [-0.05, 0) is 30.2 Å². The number of thiophene rings is 1. The molecule has 1 amide bonds. The van der Waals surface area contributed by atoms with Gasteiger partial charge in [0, 0.05) is 31.0 Å². The van der Waals surface area contributed by atoms with Crippen LogP contribution in [0.25, 0.3) is 0 Å². The van der Waals surface area contributed by atoms with E-state index in [0.717, 1.165) is 10.4 Å². The highest BCUT2D eigenvalue weighted by molar-refractivity contribution is 7.94. The van der Waals surface area contributed by atoms with Crippen molar-refractivity contribution in [3.63, 3.8) is 0 Å². The first-order valence-corrected chi connectivity index (χ1v) is 10.3. The number of hydrogen-bond donors (Lipinski definition) is 1. The Labute approximate surface area is 156 Å². The highest BCUT2D eigenvalue weighted by atomic mass is 32.2. The summed E-state index contributed by atoms with van der Waals surface area (Å²) in [6.07, 6.45) is 0.664. The van der Waals surface area contributed by atoms with Gasteiger partial charge in [-0.15, -0.1) is 11.3 Å². The summed E-state index contributed by atoms with van der Waals surface area (Å²) in [5, 5.41) is 0. The van der Waals surface area contributed by atoms with Gasteiger partial charge in [-0.2, -0.15) is 0 Å². The minimum absolute atomic E-state index is 0.00880. The number of fused-ring (bicyclic) bond motifs is 1. The van der Waals surface area contributed by atoms with Crippen molar-refractivity contribution < 1.29 is 22.7 Å². The van der Waals surface area contributed by atoms with E-state index in [9.17, 15) is 13.2 Å². The molecule has 0 spiro atoms. The third-order valence-electron chi connectivity index (χ3n) is 4.21. The van der Waals surface area contributed by atoms with E-state index >= 15 is 0 Å². The lowest BCUT2D eigenvalue weighted by Crippen LogP contribution is -2.33. The van der Waals surface area contributed by atoms with Crippen molar-refractivity contribution in [3.8, 4) is 11.5 Å². The van der Waals surface area contributed by atoms with Gasteiger partial charge in [0.2, 0.25) is 5.91 Å². The van der Waals surface area contributed by atoms with Crippen LogP contribution in [0.5, 0.6) is 11.5 Å². The van der Waals surface area contributed by atoms with Gasteiger partial charge >= 0.3 is 0 Å². The van der Waals surface area contributed by atoms with Gasteiger partial charge in [-0.3, -0.25) is 9.52 Å². The number of rotatable bonds is 5. The first-order valence-electron chi connectivity index (χ1n) is 7.96. The molecule has 1 aliphatic rings. The molecular formula is C17H20N2O5S2. The largest absolute Gasteiger partial charge is 0.497 e. The number of hydrogen-bond acceptors (Lipinski definition) is 6. The number of anilines is 1. The first-order chi connectivity index (χ1) is 12.3. The Kier molecular flexibility index (Phi) is 5.10. The molecule has 2 aromatic rings. The molecule has 140 valence electrons. The van der Waals surface area contributed by atoms with Crippen molar-refractivity contribution >= 4 is 33.0 Å². The fourth-order valence-corrected chi connectivity index (χ4v) is 5.40. The second kappa shape index (κ2) is 7.16. The Bertz CT molecular complexity index is 937. The van der Waals surface area contributed by atoms with Crippen molar-refractivity contribution in [3.05, 3.63) is 34.7 Å². The topological polar surface area (TPSA) is 84.9 Å². The van der Waals surface area contributed by atoms with E-state index in [-0.39, 0.29) is 10.1 Å². The quantitative estimate of drug-likeness (QED) is 0.839. The highest BCUT2D eigenvalue weighted by Crippen LogP contribution is 2.35. The average molecular weight is 396 g/mol. The Hall–Kier alpha value is -2.26. The first kappa shape index (κ1) is 18.5. The maximum atomic E-state index is 12.8. The number of sulfonamides is 1. The Morgan fingerprint density at radius 2 is 2.00 bits per heavy atom.